The summed E-state index contributed by atoms with van der Waals surface area (Å²) in [4.78, 5) is 22.4. The Labute approximate surface area is 108 Å². The number of nitrogens with two attached hydrogens (primary N) is 1. The van der Waals surface area contributed by atoms with Crippen LogP contribution >= 0.6 is 0 Å². The molecule has 0 aromatic rings. The fraction of sp³-hybridized carbons (Fsp3) is 0.833. The summed E-state index contributed by atoms with van der Waals surface area (Å²) < 4.78 is 0. The van der Waals surface area contributed by atoms with Crippen molar-refractivity contribution in [2.45, 2.75) is 58.7 Å². The van der Waals surface area contributed by atoms with Crippen LogP contribution in [0.4, 0.5) is 0 Å². The average molecular weight is 260 g/mol. The Morgan fingerprint density at radius 2 is 1.83 bits per heavy atom. The lowest BCUT2D eigenvalue weighted by atomic mass is 9.87. The molecule has 1 unspecified atom stereocenters. The number of aliphatic hydroxyl groups excluding tert-OH is 1. The van der Waals surface area contributed by atoms with Gasteiger partial charge in [-0.3, -0.25) is 4.79 Å². The molecular weight excluding hydrogens is 236 g/mol. The lowest BCUT2D eigenvalue weighted by Gasteiger charge is -2.23. The highest BCUT2D eigenvalue weighted by Gasteiger charge is 2.26. The van der Waals surface area contributed by atoms with Crippen LogP contribution in [0, 0.1) is 5.41 Å². The third-order valence-electron chi connectivity index (χ3n) is 2.39. The minimum Gasteiger partial charge on any atom is -0.480 e. The second-order valence-corrected chi connectivity index (χ2v) is 5.85. The zero-order chi connectivity index (χ0) is 14.5. The SMILES string of the molecule is C[C@@H](O)[C@H](NC(=O)CC(N)CC(C)(C)C)C(=O)O. The molecule has 18 heavy (non-hydrogen) atoms. The van der Waals surface area contributed by atoms with Crippen molar-refractivity contribution >= 4 is 11.9 Å². The van der Waals surface area contributed by atoms with E-state index in [9.17, 15) is 14.7 Å². The fourth-order valence-electron chi connectivity index (χ4n) is 1.72. The van der Waals surface area contributed by atoms with Gasteiger partial charge in [0.05, 0.1) is 6.10 Å². The normalized spacial score (nSPS) is 16.8. The van der Waals surface area contributed by atoms with Crippen molar-refractivity contribution in [1.29, 1.82) is 0 Å². The highest BCUT2D eigenvalue weighted by Crippen LogP contribution is 2.20. The molecule has 0 spiro atoms. The number of amides is 1. The number of nitrogens with one attached hydrogen (secondary N) is 1. The molecule has 3 atom stereocenters. The van der Waals surface area contributed by atoms with Crippen LogP contribution in [0.3, 0.4) is 0 Å². The molecule has 0 heterocycles. The van der Waals surface area contributed by atoms with Gasteiger partial charge in [0.15, 0.2) is 6.04 Å². The third-order valence-corrected chi connectivity index (χ3v) is 2.39. The topological polar surface area (TPSA) is 113 Å². The standard InChI is InChI=1S/C12H24N2O4/c1-7(15)10(11(17)18)14-9(16)5-8(13)6-12(2,3)4/h7-8,10,15H,5-6,13H2,1-4H3,(H,14,16)(H,17,18)/t7-,8?,10+/m1/s1. The van der Waals surface area contributed by atoms with Crippen molar-refractivity contribution in [1.82, 2.24) is 5.32 Å². The van der Waals surface area contributed by atoms with Gasteiger partial charge < -0.3 is 21.3 Å². The molecule has 0 aliphatic carbocycles. The zero-order valence-corrected chi connectivity index (χ0v) is 11.4. The van der Waals surface area contributed by atoms with Gasteiger partial charge >= 0.3 is 5.97 Å². The molecule has 0 aliphatic heterocycles. The summed E-state index contributed by atoms with van der Waals surface area (Å²) >= 11 is 0. The van der Waals surface area contributed by atoms with Gasteiger partial charge in [-0.1, -0.05) is 20.8 Å². The van der Waals surface area contributed by atoms with Gasteiger partial charge in [-0.15, -0.1) is 0 Å². The molecule has 0 rings (SSSR count). The number of hydrogen-bond acceptors (Lipinski definition) is 4. The monoisotopic (exact) mass is 260 g/mol. The van der Waals surface area contributed by atoms with Crippen LogP contribution in [-0.4, -0.2) is 40.3 Å². The first-order valence-corrected chi connectivity index (χ1v) is 5.99. The van der Waals surface area contributed by atoms with Crippen LogP contribution in [0.2, 0.25) is 0 Å². The first kappa shape index (κ1) is 16.9. The maximum absolute atomic E-state index is 11.6. The predicted octanol–water partition coefficient (Wildman–Crippen LogP) is 0.0902. The molecule has 1 amide bonds. The van der Waals surface area contributed by atoms with Gasteiger partial charge in [-0.05, 0) is 18.8 Å². The number of carbonyl (C=O) groups is 2. The van der Waals surface area contributed by atoms with Gasteiger partial charge in [0, 0.05) is 12.5 Å². The molecule has 106 valence electrons. The first-order chi connectivity index (χ1) is 8.03. The third kappa shape index (κ3) is 7.24. The van der Waals surface area contributed by atoms with Crippen LogP contribution in [0.15, 0.2) is 0 Å². The Kier molecular flexibility index (Phi) is 6.28. The first-order valence-electron chi connectivity index (χ1n) is 5.99. The van der Waals surface area contributed by atoms with Crippen LogP contribution in [0.1, 0.15) is 40.5 Å². The van der Waals surface area contributed by atoms with E-state index in [4.69, 9.17) is 10.8 Å². The van der Waals surface area contributed by atoms with Gasteiger partial charge in [0.1, 0.15) is 0 Å². The highest BCUT2D eigenvalue weighted by atomic mass is 16.4. The molecule has 0 fully saturated rings. The average Bonchev–Trinajstić information content (AvgIpc) is 2.09. The number of carbonyl (C=O) groups excluding carboxylic acids is 1. The second-order valence-electron chi connectivity index (χ2n) is 5.85. The van der Waals surface area contributed by atoms with E-state index in [2.05, 4.69) is 5.32 Å². The molecule has 0 saturated heterocycles. The minimum atomic E-state index is -1.29. The van der Waals surface area contributed by atoms with E-state index in [-0.39, 0.29) is 17.9 Å². The maximum Gasteiger partial charge on any atom is 0.328 e. The highest BCUT2D eigenvalue weighted by molar-refractivity contribution is 5.84. The summed E-state index contributed by atoms with van der Waals surface area (Å²) in [5.41, 5.74) is 5.83. The van der Waals surface area contributed by atoms with Gasteiger partial charge in [0.2, 0.25) is 5.91 Å². The molecule has 0 aromatic carbocycles. The Morgan fingerprint density at radius 1 is 1.33 bits per heavy atom. The molecular formula is C12H24N2O4. The van der Waals surface area contributed by atoms with Crippen molar-refractivity contribution < 1.29 is 19.8 Å². The number of rotatable bonds is 6. The summed E-state index contributed by atoms with van der Waals surface area (Å²) in [7, 11) is 0. The molecule has 0 bridgehead atoms. The molecule has 5 N–H and O–H groups in total. The van der Waals surface area contributed by atoms with Crippen LogP contribution in [0.5, 0.6) is 0 Å². The quantitative estimate of drug-likeness (QED) is 0.540. The molecule has 0 saturated carbocycles. The fourth-order valence-corrected chi connectivity index (χ4v) is 1.72. The van der Waals surface area contributed by atoms with Crippen LogP contribution in [0.25, 0.3) is 0 Å². The number of hydrogen-bond donors (Lipinski definition) is 4. The molecule has 0 radical (unpaired) electrons. The number of carboxylic acid groups (broad SMARTS) is 1. The van der Waals surface area contributed by atoms with E-state index >= 15 is 0 Å². The smallest absolute Gasteiger partial charge is 0.328 e. The largest absolute Gasteiger partial charge is 0.480 e. The lowest BCUT2D eigenvalue weighted by Crippen LogP contribution is -2.49. The van der Waals surface area contributed by atoms with E-state index < -0.39 is 24.0 Å². The Hall–Kier alpha value is -1.14. The van der Waals surface area contributed by atoms with E-state index in [1.165, 1.54) is 6.92 Å². The van der Waals surface area contributed by atoms with Crippen LogP contribution in [-0.2, 0) is 9.59 Å². The Morgan fingerprint density at radius 3 is 2.17 bits per heavy atom. The predicted molar refractivity (Wildman–Crippen MR) is 67.9 cm³/mol. The minimum absolute atomic E-state index is 0.0101. The molecule has 0 aliphatic rings. The Balaban J connectivity index is 4.29. The van der Waals surface area contributed by atoms with Crippen molar-refractivity contribution in [2.24, 2.45) is 11.1 Å². The van der Waals surface area contributed by atoms with Crippen molar-refractivity contribution in [2.75, 3.05) is 0 Å². The van der Waals surface area contributed by atoms with Crippen LogP contribution < -0.4 is 11.1 Å². The van der Waals surface area contributed by atoms with E-state index in [1.54, 1.807) is 0 Å². The lowest BCUT2D eigenvalue weighted by molar-refractivity contribution is -0.144. The van der Waals surface area contributed by atoms with Gasteiger partial charge in [0.25, 0.3) is 0 Å². The zero-order valence-electron chi connectivity index (χ0n) is 11.4. The maximum atomic E-state index is 11.6. The summed E-state index contributed by atoms with van der Waals surface area (Å²) in [5, 5.41) is 20.3. The Bertz CT molecular complexity index is 297. The number of carboxylic acids is 1. The number of aliphatic carboxylic acids is 1. The van der Waals surface area contributed by atoms with Gasteiger partial charge in [-0.2, -0.15) is 0 Å². The molecule has 6 nitrogen and oxygen atoms in total. The summed E-state index contributed by atoms with van der Waals surface area (Å²) in [5.74, 6) is -1.72. The van der Waals surface area contributed by atoms with Crippen molar-refractivity contribution in [3.63, 3.8) is 0 Å². The summed E-state index contributed by atoms with van der Waals surface area (Å²) in [6.07, 6.45) is -0.439. The molecule has 6 heteroatoms. The second kappa shape index (κ2) is 6.70. The summed E-state index contributed by atoms with van der Waals surface area (Å²) in [6.45, 7) is 7.36. The van der Waals surface area contributed by atoms with Crippen molar-refractivity contribution in [3.8, 4) is 0 Å². The van der Waals surface area contributed by atoms with Gasteiger partial charge in [-0.25, -0.2) is 4.79 Å². The van der Waals surface area contributed by atoms with Crippen molar-refractivity contribution in [3.05, 3.63) is 0 Å². The van der Waals surface area contributed by atoms with E-state index in [0.717, 1.165) is 0 Å². The summed E-state index contributed by atoms with van der Waals surface area (Å²) in [6, 6.07) is -1.62. The van der Waals surface area contributed by atoms with E-state index in [0.29, 0.717) is 6.42 Å². The number of aliphatic hydroxyl groups is 1. The molecule has 0 aromatic heterocycles. The van der Waals surface area contributed by atoms with E-state index in [1.807, 2.05) is 20.8 Å².